The maximum absolute atomic E-state index is 11.2. The molecule has 0 aromatic heterocycles. The van der Waals surface area contributed by atoms with Gasteiger partial charge in [-0.2, -0.15) is 14.7 Å². The molecule has 0 fully saturated rings. The lowest BCUT2D eigenvalue weighted by Gasteiger charge is -2.10. The third kappa shape index (κ3) is 42.8. The van der Waals surface area contributed by atoms with Crippen molar-refractivity contribution in [2.45, 2.75) is 93.4 Å². The number of nitrogens with one attached hydrogen (secondary N) is 2. The normalized spacial score (nSPS) is 11.3. The van der Waals surface area contributed by atoms with E-state index in [-0.39, 0.29) is 63.8 Å². The molecule has 0 aromatic carbocycles. The van der Waals surface area contributed by atoms with Crippen LogP contribution in [0.4, 0.5) is 4.79 Å². The van der Waals surface area contributed by atoms with Gasteiger partial charge in [0, 0.05) is 20.5 Å². The second-order valence-electron chi connectivity index (χ2n) is 10.1. The van der Waals surface area contributed by atoms with E-state index in [1.165, 1.54) is 14.0 Å². The average molecular weight is 717 g/mol. The summed E-state index contributed by atoms with van der Waals surface area (Å²) >= 11 is 0. The van der Waals surface area contributed by atoms with Gasteiger partial charge in [-0.15, -0.1) is 0 Å². The van der Waals surface area contributed by atoms with Crippen molar-refractivity contribution in [1.82, 2.24) is 10.6 Å². The third-order valence-electron chi connectivity index (χ3n) is 5.62. The highest BCUT2D eigenvalue weighted by atomic mass is 17.2. The van der Waals surface area contributed by atoms with Crippen LogP contribution < -0.4 is 10.6 Å². The Balaban J connectivity index is -0.000000662. The first-order chi connectivity index (χ1) is 23.5. The molecule has 0 saturated heterocycles. The van der Waals surface area contributed by atoms with E-state index in [9.17, 15) is 24.0 Å². The quantitative estimate of drug-likeness (QED) is 0.0309. The lowest BCUT2D eigenvalue weighted by Crippen LogP contribution is -2.36. The van der Waals surface area contributed by atoms with E-state index in [4.69, 9.17) is 24.1 Å². The second kappa shape index (κ2) is 39.3. The SMILES string of the molecule is CCC(C)COOCOC(=O)C(C)CC.CCCCCOOCOC(=O)CCC.COCC(=O)OCOOCCOC(=O)NCNC(C)=O. The van der Waals surface area contributed by atoms with Crippen LogP contribution >= 0.6 is 0 Å². The minimum atomic E-state index is -0.714. The van der Waals surface area contributed by atoms with Crippen molar-refractivity contribution >= 4 is 29.9 Å². The topological polar surface area (TPSA) is 211 Å². The molecule has 0 aliphatic rings. The number of hydrogen-bond donors (Lipinski definition) is 2. The molecule has 0 aliphatic carbocycles. The van der Waals surface area contributed by atoms with E-state index < -0.39 is 18.9 Å². The van der Waals surface area contributed by atoms with E-state index in [1.54, 1.807) is 0 Å². The van der Waals surface area contributed by atoms with Crippen molar-refractivity contribution in [2.75, 3.05) is 67.2 Å². The standard InChI is InChI=1S/C11H22O4.C10H18N2O8.C10H20O4/c1-5-9(3)7-14-15-8-13-11(12)10(4)6-2;1-8(13)11-6-12-10(15)17-3-4-19-20-7-18-9(14)5-16-2;1-3-5-6-8-13-14-9-12-10(11)7-4-2/h9-10H,5-8H2,1-4H3;3-7H2,1-2H3,(H,11,13)(H,12,15);3-9H2,1-2H3. The van der Waals surface area contributed by atoms with Gasteiger partial charge in [-0.1, -0.05) is 60.8 Å². The minimum absolute atomic E-state index is 0.0268. The Bertz CT molecular complexity index is 818. The summed E-state index contributed by atoms with van der Waals surface area (Å²) in [5.41, 5.74) is 0. The smallest absolute Gasteiger partial charge is 0.408 e. The Labute approximate surface area is 290 Å². The number of ether oxygens (including phenoxy) is 5. The number of unbranched alkanes of at least 4 members (excludes halogenated alkanes) is 2. The van der Waals surface area contributed by atoms with Gasteiger partial charge in [0.15, 0.2) is 0 Å². The fourth-order valence-corrected chi connectivity index (χ4v) is 2.38. The molecule has 0 heterocycles. The number of rotatable bonds is 27. The average Bonchev–Trinajstić information content (AvgIpc) is 3.07. The van der Waals surface area contributed by atoms with E-state index in [0.717, 1.165) is 38.5 Å². The van der Waals surface area contributed by atoms with Crippen LogP contribution in [0, 0.1) is 11.8 Å². The van der Waals surface area contributed by atoms with E-state index in [0.29, 0.717) is 25.6 Å². The summed E-state index contributed by atoms with van der Waals surface area (Å²) in [6.07, 6.45) is 5.56. The minimum Gasteiger partial charge on any atom is -0.447 e. The molecule has 2 unspecified atom stereocenters. The molecule has 2 amide bonds. The largest absolute Gasteiger partial charge is 0.447 e. The molecular formula is C31H60N2O16. The van der Waals surface area contributed by atoms with Crippen molar-refractivity contribution in [1.29, 1.82) is 0 Å². The van der Waals surface area contributed by atoms with Crippen LogP contribution in [-0.4, -0.2) is 97.1 Å². The van der Waals surface area contributed by atoms with Gasteiger partial charge in [-0.25, -0.2) is 24.3 Å². The first kappa shape index (κ1) is 50.2. The van der Waals surface area contributed by atoms with Crippen LogP contribution in [0.15, 0.2) is 0 Å². The van der Waals surface area contributed by atoms with Gasteiger partial charge < -0.3 is 34.3 Å². The Morgan fingerprint density at radius 3 is 1.82 bits per heavy atom. The lowest BCUT2D eigenvalue weighted by atomic mass is 10.1. The number of alkyl carbamates (subject to hydrolysis) is 1. The fraction of sp³-hybridized carbons (Fsp3) is 0.839. The summed E-state index contributed by atoms with van der Waals surface area (Å²) in [6, 6.07) is 0. The molecule has 49 heavy (non-hydrogen) atoms. The van der Waals surface area contributed by atoms with Gasteiger partial charge in [-0.05, 0) is 25.2 Å². The molecule has 2 N–H and O–H groups in total. The number of carbonyl (C=O) groups is 5. The molecule has 18 heteroatoms. The molecule has 290 valence electrons. The highest BCUT2D eigenvalue weighted by Gasteiger charge is 2.11. The maximum atomic E-state index is 11.2. The van der Waals surface area contributed by atoms with Gasteiger partial charge in [0.05, 0.1) is 25.8 Å². The molecule has 18 nitrogen and oxygen atoms in total. The Kier molecular flexibility index (Phi) is 40.3. The number of hydrogen-bond acceptors (Lipinski definition) is 16. The molecule has 2 atom stereocenters. The number of amides is 2. The Hall–Kier alpha value is -3.13. The van der Waals surface area contributed by atoms with Crippen LogP contribution in [0.5, 0.6) is 0 Å². The molecule has 0 aromatic rings. The monoisotopic (exact) mass is 716 g/mol. The van der Waals surface area contributed by atoms with E-state index in [2.05, 4.69) is 60.3 Å². The summed E-state index contributed by atoms with van der Waals surface area (Å²) in [6.45, 7) is 13.4. The third-order valence-corrected chi connectivity index (χ3v) is 5.62. The maximum Gasteiger partial charge on any atom is 0.408 e. The highest BCUT2D eigenvalue weighted by molar-refractivity contribution is 5.74. The Morgan fingerprint density at radius 2 is 1.24 bits per heavy atom. The first-order valence-electron chi connectivity index (χ1n) is 16.3. The molecule has 0 bridgehead atoms. The predicted octanol–water partition coefficient (Wildman–Crippen LogP) is 3.85. The molecule has 0 radical (unpaired) electrons. The van der Waals surface area contributed by atoms with E-state index >= 15 is 0 Å². The Morgan fingerprint density at radius 1 is 0.633 bits per heavy atom. The summed E-state index contributed by atoms with van der Waals surface area (Å²) in [7, 11) is 1.35. The summed E-state index contributed by atoms with van der Waals surface area (Å²) in [5, 5.41) is 4.62. The zero-order valence-corrected chi connectivity index (χ0v) is 30.5. The van der Waals surface area contributed by atoms with Gasteiger partial charge in [0.1, 0.15) is 19.8 Å². The lowest BCUT2D eigenvalue weighted by molar-refractivity contribution is -0.335. The van der Waals surface area contributed by atoms with Crippen LogP contribution in [0.25, 0.3) is 0 Å². The number of esters is 3. The molecule has 0 aliphatic heterocycles. The fourth-order valence-electron chi connectivity index (χ4n) is 2.38. The zero-order chi connectivity index (χ0) is 37.5. The molecular weight excluding hydrogens is 656 g/mol. The highest BCUT2D eigenvalue weighted by Crippen LogP contribution is 2.04. The van der Waals surface area contributed by atoms with Crippen molar-refractivity contribution < 1.29 is 77.0 Å². The van der Waals surface area contributed by atoms with Crippen LogP contribution in [0.1, 0.15) is 93.4 Å². The predicted molar refractivity (Wildman–Crippen MR) is 172 cm³/mol. The second-order valence-corrected chi connectivity index (χ2v) is 10.1. The summed E-state index contributed by atoms with van der Waals surface area (Å²) in [5.74, 6) is -0.984. The molecule has 0 rings (SSSR count). The van der Waals surface area contributed by atoms with Crippen molar-refractivity contribution in [3.05, 3.63) is 0 Å². The van der Waals surface area contributed by atoms with Crippen molar-refractivity contribution in [3.63, 3.8) is 0 Å². The van der Waals surface area contributed by atoms with Gasteiger partial charge in [0.25, 0.3) is 0 Å². The number of carbonyl (C=O) groups excluding carboxylic acids is 5. The summed E-state index contributed by atoms with van der Waals surface area (Å²) < 4.78 is 23.2. The van der Waals surface area contributed by atoms with Gasteiger partial charge in [0.2, 0.25) is 26.3 Å². The van der Waals surface area contributed by atoms with E-state index in [1.807, 2.05) is 20.8 Å². The van der Waals surface area contributed by atoms with Crippen molar-refractivity contribution in [2.24, 2.45) is 11.8 Å². The van der Waals surface area contributed by atoms with Crippen LogP contribution in [-0.2, 0) is 72.2 Å². The van der Waals surface area contributed by atoms with Gasteiger partial charge in [-0.3, -0.25) is 14.4 Å². The zero-order valence-electron chi connectivity index (χ0n) is 30.5. The van der Waals surface area contributed by atoms with Crippen LogP contribution in [0.2, 0.25) is 0 Å². The molecule has 0 saturated carbocycles. The number of methoxy groups -OCH3 is 1. The first-order valence-corrected chi connectivity index (χ1v) is 16.3. The molecule has 0 spiro atoms. The van der Waals surface area contributed by atoms with Crippen molar-refractivity contribution in [3.8, 4) is 0 Å². The van der Waals surface area contributed by atoms with Crippen LogP contribution in [0.3, 0.4) is 0 Å². The van der Waals surface area contributed by atoms with Gasteiger partial charge >= 0.3 is 24.0 Å². The summed E-state index contributed by atoms with van der Waals surface area (Å²) in [4.78, 5) is 82.4.